The molecule has 0 radical (unpaired) electrons. The van der Waals surface area contributed by atoms with Crippen LogP contribution in [0.3, 0.4) is 0 Å². The molecular formula is C9H11ClINO2. The predicted octanol–water partition coefficient (Wildman–Crippen LogP) is 2.75. The summed E-state index contributed by atoms with van der Waals surface area (Å²) >= 11 is 7.97. The molecule has 0 saturated carbocycles. The van der Waals surface area contributed by atoms with Gasteiger partial charge in [0, 0.05) is 20.1 Å². The molecule has 0 spiro atoms. The van der Waals surface area contributed by atoms with Crippen molar-refractivity contribution in [2.75, 3.05) is 20.3 Å². The average Bonchev–Trinajstić information content (AvgIpc) is 2.15. The van der Waals surface area contributed by atoms with Crippen LogP contribution in [0.15, 0.2) is 12.1 Å². The zero-order valence-electron chi connectivity index (χ0n) is 7.80. The van der Waals surface area contributed by atoms with Gasteiger partial charge in [0.15, 0.2) is 10.9 Å². The second-order valence-corrected chi connectivity index (χ2v) is 4.08. The lowest BCUT2D eigenvalue weighted by Gasteiger charge is -2.06. The first kappa shape index (κ1) is 12.0. The van der Waals surface area contributed by atoms with Crippen LogP contribution in [0.5, 0.6) is 5.75 Å². The van der Waals surface area contributed by atoms with Crippen LogP contribution in [0.25, 0.3) is 0 Å². The van der Waals surface area contributed by atoms with Gasteiger partial charge in [0.2, 0.25) is 0 Å². The monoisotopic (exact) mass is 327 g/mol. The van der Waals surface area contributed by atoms with Crippen molar-refractivity contribution in [1.29, 1.82) is 0 Å². The molecule has 0 saturated heterocycles. The molecule has 3 nitrogen and oxygen atoms in total. The third-order valence-corrected chi connectivity index (χ3v) is 2.40. The van der Waals surface area contributed by atoms with Crippen molar-refractivity contribution in [3.63, 3.8) is 0 Å². The maximum absolute atomic E-state index is 5.87. The summed E-state index contributed by atoms with van der Waals surface area (Å²) < 4.78 is 11.2. The highest BCUT2D eigenvalue weighted by Crippen LogP contribution is 2.22. The van der Waals surface area contributed by atoms with Crippen LogP contribution in [-0.2, 0) is 4.74 Å². The van der Waals surface area contributed by atoms with E-state index in [2.05, 4.69) is 27.6 Å². The second kappa shape index (κ2) is 6.42. The number of methoxy groups -OCH3 is 1. The fourth-order valence-electron chi connectivity index (χ4n) is 0.892. The van der Waals surface area contributed by atoms with Gasteiger partial charge in [0.25, 0.3) is 0 Å². The first-order valence-corrected chi connectivity index (χ1v) is 5.63. The smallest absolute Gasteiger partial charge is 0.172 e. The second-order valence-electron chi connectivity index (χ2n) is 2.62. The summed E-state index contributed by atoms with van der Waals surface area (Å²) in [5.41, 5.74) is 0. The number of ether oxygens (including phenoxy) is 2. The lowest BCUT2D eigenvalue weighted by Crippen LogP contribution is -2.02. The topological polar surface area (TPSA) is 31.4 Å². The highest BCUT2D eigenvalue weighted by atomic mass is 127. The number of halogens is 2. The van der Waals surface area contributed by atoms with Crippen LogP contribution in [0.2, 0.25) is 5.15 Å². The number of aromatic nitrogens is 1. The van der Waals surface area contributed by atoms with E-state index in [1.807, 2.05) is 12.1 Å². The van der Waals surface area contributed by atoms with Crippen LogP contribution in [-0.4, -0.2) is 25.3 Å². The van der Waals surface area contributed by atoms with Gasteiger partial charge in [0.05, 0.1) is 6.61 Å². The molecule has 0 unspecified atom stereocenters. The summed E-state index contributed by atoms with van der Waals surface area (Å²) in [5.74, 6) is 0.628. The fraction of sp³-hybridized carbons (Fsp3) is 0.444. The van der Waals surface area contributed by atoms with E-state index in [1.165, 1.54) is 0 Å². The zero-order chi connectivity index (χ0) is 10.4. The Morgan fingerprint density at radius 2 is 2.21 bits per heavy atom. The standard InChI is InChI=1S/C9H11ClINO2/c1-13-5-2-6-14-7-3-4-8(11)12-9(7)10/h3-4H,2,5-6H2,1H3. The summed E-state index contributed by atoms with van der Waals surface area (Å²) in [4.78, 5) is 4.07. The Morgan fingerprint density at radius 3 is 2.86 bits per heavy atom. The minimum Gasteiger partial charge on any atom is -0.490 e. The first-order chi connectivity index (χ1) is 6.74. The molecule has 0 aromatic carbocycles. The van der Waals surface area contributed by atoms with E-state index in [1.54, 1.807) is 7.11 Å². The molecule has 0 atom stereocenters. The Bertz CT molecular complexity index is 296. The molecule has 1 aromatic heterocycles. The fourth-order valence-corrected chi connectivity index (χ4v) is 1.66. The summed E-state index contributed by atoms with van der Waals surface area (Å²) in [5, 5.41) is 0.411. The number of hydrogen-bond acceptors (Lipinski definition) is 3. The Balaban J connectivity index is 2.42. The molecule has 78 valence electrons. The minimum absolute atomic E-state index is 0.411. The van der Waals surface area contributed by atoms with E-state index in [9.17, 15) is 0 Å². The van der Waals surface area contributed by atoms with Gasteiger partial charge in [0.1, 0.15) is 3.70 Å². The van der Waals surface area contributed by atoms with Gasteiger partial charge in [-0.05, 0) is 34.7 Å². The Kier molecular flexibility index (Phi) is 5.50. The van der Waals surface area contributed by atoms with Crippen molar-refractivity contribution in [3.05, 3.63) is 21.0 Å². The first-order valence-electron chi connectivity index (χ1n) is 4.18. The van der Waals surface area contributed by atoms with Gasteiger partial charge in [-0.15, -0.1) is 0 Å². The number of nitrogens with zero attached hydrogens (tertiary/aromatic N) is 1. The van der Waals surface area contributed by atoms with Crippen LogP contribution < -0.4 is 4.74 Å². The third kappa shape index (κ3) is 3.98. The molecule has 1 aromatic rings. The summed E-state index contributed by atoms with van der Waals surface area (Å²) in [6, 6.07) is 3.68. The van der Waals surface area contributed by atoms with Crippen molar-refractivity contribution >= 4 is 34.2 Å². The molecule has 5 heteroatoms. The molecule has 0 N–H and O–H groups in total. The number of hydrogen-bond donors (Lipinski definition) is 0. The van der Waals surface area contributed by atoms with Crippen LogP contribution in [0, 0.1) is 3.70 Å². The molecule has 14 heavy (non-hydrogen) atoms. The minimum atomic E-state index is 0.411. The van der Waals surface area contributed by atoms with Crippen molar-refractivity contribution in [2.24, 2.45) is 0 Å². The van der Waals surface area contributed by atoms with Gasteiger partial charge in [-0.3, -0.25) is 0 Å². The Hall–Kier alpha value is -0.0700. The SMILES string of the molecule is COCCCOc1ccc(I)nc1Cl. The van der Waals surface area contributed by atoms with E-state index < -0.39 is 0 Å². The summed E-state index contributed by atoms with van der Waals surface area (Å²) in [6.45, 7) is 1.28. The molecule has 0 aliphatic heterocycles. The largest absolute Gasteiger partial charge is 0.490 e. The van der Waals surface area contributed by atoms with Crippen molar-refractivity contribution in [2.45, 2.75) is 6.42 Å². The number of rotatable bonds is 5. The molecule has 0 aliphatic carbocycles. The van der Waals surface area contributed by atoms with Crippen LogP contribution >= 0.6 is 34.2 Å². The van der Waals surface area contributed by atoms with Crippen molar-refractivity contribution in [3.8, 4) is 5.75 Å². The Morgan fingerprint density at radius 1 is 1.43 bits per heavy atom. The van der Waals surface area contributed by atoms with E-state index in [0.717, 1.165) is 10.1 Å². The maximum atomic E-state index is 5.87. The molecule has 0 amide bonds. The molecule has 0 bridgehead atoms. The van der Waals surface area contributed by atoms with Gasteiger partial charge in [-0.25, -0.2) is 4.98 Å². The maximum Gasteiger partial charge on any atom is 0.172 e. The highest BCUT2D eigenvalue weighted by Gasteiger charge is 2.02. The van der Waals surface area contributed by atoms with Gasteiger partial charge in [-0.1, -0.05) is 11.6 Å². The van der Waals surface area contributed by atoms with Crippen LogP contribution in [0.1, 0.15) is 6.42 Å². The Labute approximate surface area is 102 Å². The molecular weight excluding hydrogens is 316 g/mol. The quantitative estimate of drug-likeness (QED) is 0.473. The van der Waals surface area contributed by atoms with E-state index in [0.29, 0.717) is 24.1 Å². The van der Waals surface area contributed by atoms with Gasteiger partial charge in [-0.2, -0.15) is 0 Å². The van der Waals surface area contributed by atoms with E-state index in [4.69, 9.17) is 21.1 Å². The number of pyridine rings is 1. The molecule has 1 heterocycles. The van der Waals surface area contributed by atoms with Gasteiger partial charge < -0.3 is 9.47 Å². The predicted molar refractivity (Wildman–Crippen MR) is 64.0 cm³/mol. The van der Waals surface area contributed by atoms with Crippen molar-refractivity contribution in [1.82, 2.24) is 4.98 Å². The lowest BCUT2D eigenvalue weighted by atomic mass is 10.4. The van der Waals surface area contributed by atoms with Gasteiger partial charge >= 0.3 is 0 Å². The molecule has 1 rings (SSSR count). The lowest BCUT2D eigenvalue weighted by molar-refractivity contribution is 0.172. The molecule has 0 fully saturated rings. The van der Waals surface area contributed by atoms with E-state index in [-0.39, 0.29) is 0 Å². The third-order valence-electron chi connectivity index (χ3n) is 1.53. The normalized spacial score (nSPS) is 10.2. The average molecular weight is 328 g/mol. The van der Waals surface area contributed by atoms with E-state index >= 15 is 0 Å². The molecule has 0 aliphatic rings. The summed E-state index contributed by atoms with van der Waals surface area (Å²) in [7, 11) is 1.67. The van der Waals surface area contributed by atoms with Crippen LogP contribution in [0.4, 0.5) is 0 Å². The highest BCUT2D eigenvalue weighted by molar-refractivity contribution is 14.1. The van der Waals surface area contributed by atoms with Crippen molar-refractivity contribution < 1.29 is 9.47 Å². The summed E-state index contributed by atoms with van der Waals surface area (Å²) in [6.07, 6.45) is 0.846. The zero-order valence-corrected chi connectivity index (χ0v) is 10.7.